The fraction of sp³-hybridized carbons (Fsp3) is 0.364. The third kappa shape index (κ3) is 6.79. The van der Waals surface area contributed by atoms with Crippen LogP contribution in [0.4, 0.5) is 18.9 Å². The predicted molar refractivity (Wildman–Crippen MR) is 108 cm³/mol. The van der Waals surface area contributed by atoms with Crippen molar-refractivity contribution in [2.45, 2.75) is 32.4 Å². The number of anilines is 1. The van der Waals surface area contributed by atoms with E-state index in [0.29, 0.717) is 18.7 Å². The van der Waals surface area contributed by atoms with E-state index in [2.05, 4.69) is 5.32 Å². The van der Waals surface area contributed by atoms with Crippen LogP contribution in [-0.4, -0.2) is 32.0 Å². The fourth-order valence-corrected chi connectivity index (χ4v) is 2.90. The SMILES string of the molecule is CCC(=O)N(CCCNC(=O)Cc1ccc(OC)cc1)c1cccc(C(F)(F)F)c1. The Labute approximate surface area is 173 Å². The smallest absolute Gasteiger partial charge is 0.416 e. The Morgan fingerprint density at radius 1 is 1.10 bits per heavy atom. The van der Waals surface area contributed by atoms with E-state index in [1.807, 2.05) is 0 Å². The van der Waals surface area contributed by atoms with Crippen molar-refractivity contribution < 1.29 is 27.5 Å². The van der Waals surface area contributed by atoms with Crippen LogP contribution in [0.3, 0.4) is 0 Å². The van der Waals surface area contributed by atoms with Crippen LogP contribution in [0.15, 0.2) is 48.5 Å². The van der Waals surface area contributed by atoms with Gasteiger partial charge in [0.25, 0.3) is 0 Å². The molecule has 0 saturated heterocycles. The van der Waals surface area contributed by atoms with Crippen LogP contribution >= 0.6 is 0 Å². The fourth-order valence-electron chi connectivity index (χ4n) is 2.90. The average molecular weight is 422 g/mol. The van der Waals surface area contributed by atoms with Gasteiger partial charge in [0.05, 0.1) is 19.1 Å². The standard InChI is InChI=1S/C22H25F3N2O3/c1-3-21(29)27(18-7-4-6-17(15-18)22(23,24)25)13-5-12-26-20(28)14-16-8-10-19(30-2)11-9-16/h4,6-11,15H,3,5,12-14H2,1-2H3,(H,26,28). The summed E-state index contributed by atoms with van der Waals surface area (Å²) >= 11 is 0. The van der Waals surface area contributed by atoms with E-state index >= 15 is 0 Å². The van der Waals surface area contributed by atoms with E-state index in [9.17, 15) is 22.8 Å². The van der Waals surface area contributed by atoms with Crippen molar-refractivity contribution in [3.63, 3.8) is 0 Å². The number of methoxy groups -OCH3 is 1. The molecule has 30 heavy (non-hydrogen) atoms. The summed E-state index contributed by atoms with van der Waals surface area (Å²) in [5.41, 5.74) is 0.225. The van der Waals surface area contributed by atoms with Crippen LogP contribution in [0.1, 0.15) is 30.9 Å². The summed E-state index contributed by atoms with van der Waals surface area (Å²) in [6.07, 6.45) is -3.70. The molecule has 2 aromatic carbocycles. The number of nitrogens with zero attached hydrogens (tertiary/aromatic N) is 1. The highest BCUT2D eigenvalue weighted by Crippen LogP contribution is 2.31. The molecule has 0 aliphatic rings. The molecule has 8 heteroatoms. The maximum absolute atomic E-state index is 13.0. The highest BCUT2D eigenvalue weighted by molar-refractivity contribution is 5.93. The molecule has 0 spiro atoms. The number of benzene rings is 2. The van der Waals surface area contributed by atoms with E-state index in [1.165, 1.54) is 17.0 Å². The van der Waals surface area contributed by atoms with Gasteiger partial charge in [-0.2, -0.15) is 13.2 Å². The van der Waals surface area contributed by atoms with Crippen molar-refractivity contribution in [3.8, 4) is 5.75 Å². The van der Waals surface area contributed by atoms with Gasteiger partial charge in [-0.25, -0.2) is 0 Å². The summed E-state index contributed by atoms with van der Waals surface area (Å²) in [4.78, 5) is 25.6. The van der Waals surface area contributed by atoms with Gasteiger partial charge in [-0.15, -0.1) is 0 Å². The van der Waals surface area contributed by atoms with Crippen LogP contribution in [-0.2, 0) is 22.2 Å². The Morgan fingerprint density at radius 3 is 2.40 bits per heavy atom. The second-order valence-corrected chi connectivity index (χ2v) is 6.68. The normalized spacial score (nSPS) is 11.1. The van der Waals surface area contributed by atoms with Crippen LogP contribution in [0.5, 0.6) is 5.75 Å². The molecule has 0 fully saturated rings. The van der Waals surface area contributed by atoms with E-state index < -0.39 is 11.7 Å². The first-order valence-electron chi connectivity index (χ1n) is 9.62. The largest absolute Gasteiger partial charge is 0.497 e. The molecule has 2 aromatic rings. The Bertz CT molecular complexity index is 851. The molecule has 0 bridgehead atoms. The maximum Gasteiger partial charge on any atom is 0.416 e. The quantitative estimate of drug-likeness (QED) is 0.616. The Balaban J connectivity index is 1.90. The third-order valence-corrected chi connectivity index (χ3v) is 4.49. The molecule has 0 aromatic heterocycles. The Kier molecular flexibility index (Phi) is 8.26. The van der Waals surface area contributed by atoms with Gasteiger partial charge in [0, 0.05) is 25.2 Å². The minimum atomic E-state index is -4.48. The molecule has 2 rings (SSSR count). The molecule has 0 unspecified atom stereocenters. The first-order chi connectivity index (χ1) is 14.2. The van der Waals surface area contributed by atoms with Crippen LogP contribution in [0.2, 0.25) is 0 Å². The van der Waals surface area contributed by atoms with Crippen LogP contribution < -0.4 is 15.0 Å². The minimum Gasteiger partial charge on any atom is -0.497 e. The summed E-state index contributed by atoms with van der Waals surface area (Å²) in [6.45, 7) is 2.16. The second-order valence-electron chi connectivity index (χ2n) is 6.68. The highest BCUT2D eigenvalue weighted by atomic mass is 19.4. The highest BCUT2D eigenvalue weighted by Gasteiger charge is 2.31. The Hall–Kier alpha value is -3.03. The Morgan fingerprint density at radius 2 is 1.80 bits per heavy atom. The number of hydrogen-bond acceptors (Lipinski definition) is 3. The lowest BCUT2D eigenvalue weighted by Gasteiger charge is -2.23. The summed E-state index contributed by atoms with van der Waals surface area (Å²) in [5.74, 6) is 0.251. The number of alkyl halides is 3. The van der Waals surface area contributed by atoms with Crippen molar-refractivity contribution in [1.29, 1.82) is 0 Å². The van der Waals surface area contributed by atoms with Crippen molar-refractivity contribution in [2.75, 3.05) is 25.1 Å². The second kappa shape index (κ2) is 10.7. The zero-order valence-corrected chi connectivity index (χ0v) is 17.0. The summed E-state index contributed by atoms with van der Waals surface area (Å²) < 4.78 is 44.0. The van der Waals surface area contributed by atoms with Gasteiger partial charge in [0.2, 0.25) is 11.8 Å². The van der Waals surface area contributed by atoms with E-state index in [0.717, 1.165) is 17.7 Å². The van der Waals surface area contributed by atoms with Crippen molar-refractivity contribution in [3.05, 3.63) is 59.7 Å². The lowest BCUT2D eigenvalue weighted by molar-refractivity contribution is -0.137. The van der Waals surface area contributed by atoms with Crippen LogP contribution in [0, 0.1) is 0 Å². The average Bonchev–Trinajstić information content (AvgIpc) is 2.73. The predicted octanol–water partition coefficient (Wildman–Crippen LogP) is 4.21. The molecular formula is C22H25F3N2O3. The third-order valence-electron chi connectivity index (χ3n) is 4.49. The number of halogens is 3. The lowest BCUT2D eigenvalue weighted by Crippen LogP contribution is -2.34. The molecule has 162 valence electrons. The number of hydrogen-bond donors (Lipinski definition) is 1. The van der Waals surface area contributed by atoms with E-state index in [-0.39, 0.29) is 36.9 Å². The first kappa shape index (κ1) is 23.3. The molecule has 0 atom stereocenters. The van der Waals surface area contributed by atoms with E-state index in [4.69, 9.17) is 4.74 Å². The van der Waals surface area contributed by atoms with Gasteiger partial charge in [0.1, 0.15) is 5.75 Å². The molecule has 2 amide bonds. The van der Waals surface area contributed by atoms with Crippen molar-refractivity contribution in [2.24, 2.45) is 0 Å². The molecule has 0 aliphatic heterocycles. The van der Waals surface area contributed by atoms with Gasteiger partial charge in [-0.1, -0.05) is 25.1 Å². The summed E-state index contributed by atoms with van der Waals surface area (Å²) in [7, 11) is 1.56. The maximum atomic E-state index is 13.0. The van der Waals surface area contributed by atoms with Gasteiger partial charge >= 0.3 is 6.18 Å². The number of nitrogens with one attached hydrogen (secondary N) is 1. The first-order valence-corrected chi connectivity index (χ1v) is 9.62. The monoisotopic (exact) mass is 422 g/mol. The molecule has 0 radical (unpaired) electrons. The van der Waals surface area contributed by atoms with Crippen LogP contribution in [0.25, 0.3) is 0 Å². The topological polar surface area (TPSA) is 58.6 Å². The molecular weight excluding hydrogens is 397 g/mol. The molecule has 1 N–H and O–H groups in total. The molecule has 0 heterocycles. The molecule has 5 nitrogen and oxygen atoms in total. The minimum absolute atomic E-state index is 0.167. The number of rotatable bonds is 9. The molecule has 0 aliphatic carbocycles. The zero-order chi connectivity index (χ0) is 22.1. The summed E-state index contributed by atoms with van der Waals surface area (Å²) in [5, 5.41) is 2.77. The van der Waals surface area contributed by atoms with Gasteiger partial charge in [-0.3, -0.25) is 9.59 Å². The number of ether oxygens (including phenoxy) is 1. The lowest BCUT2D eigenvalue weighted by atomic mass is 10.1. The number of amides is 2. The number of carbonyl (C=O) groups excluding carboxylic acids is 2. The zero-order valence-electron chi connectivity index (χ0n) is 17.0. The summed E-state index contributed by atoms with van der Waals surface area (Å²) in [6, 6.07) is 11.8. The molecule has 0 saturated carbocycles. The van der Waals surface area contributed by atoms with Gasteiger partial charge in [-0.05, 0) is 42.3 Å². The van der Waals surface area contributed by atoms with E-state index in [1.54, 1.807) is 38.3 Å². The van der Waals surface area contributed by atoms with Gasteiger partial charge < -0.3 is 15.0 Å². The number of carbonyl (C=O) groups is 2. The van der Waals surface area contributed by atoms with Crippen molar-refractivity contribution >= 4 is 17.5 Å². The van der Waals surface area contributed by atoms with Gasteiger partial charge in [0.15, 0.2) is 0 Å². The van der Waals surface area contributed by atoms with Crippen molar-refractivity contribution in [1.82, 2.24) is 5.32 Å².